The monoisotopic (exact) mass is 330 g/mol. The number of nitrogens with one attached hydrogen (secondary N) is 2. The highest BCUT2D eigenvalue weighted by atomic mass is 19.1. The molecule has 6 heteroatoms. The van der Waals surface area contributed by atoms with Gasteiger partial charge in [0.15, 0.2) is 0 Å². The Morgan fingerprint density at radius 3 is 2.54 bits per heavy atom. The van der Waals surface area contributed by atoms with Crippen LogP contribution in [-0.4, -0.2) is 25.5 Å². The van der Waals surface area contributed by atoms with E-state index in [0.717, 1.165) is 11.3 Å². The summed E-state index contributed by atoms with van der Waals surface area (Å²) in [5.41, 5.74) is 1.32. The molecule has 0 saturated heterocycles. The number of halogens is 1. The normalized spacial score (nSPS) is 10.1. The van der Waals surface area contributed by atoms with Crippen LogP contribution < -0.4 is 15.4 Å². The van der Waals surface area contributed by atoms with Gasteiger partial charge < -0.3 is 15.4 Å². The summed E-state index contributed by atoms with van der Waals surface area (Å²) < 4.78 is 18.6. The Morgan fingerprint density at radius 2 is 1.79 bits per heavy atom. The lowest BCUT2D eigenvalue weighted by Crippen LogP contribution is -2.40. The SMILES string of the molecule is COc1cccc(CCNC(=O)C(=O)NCc2ccccc2F)c1. The number of methoxy groups -OCH3 is 1. The average Bonchev–Trinajstić information content (AvgIpc) is 2.61. The summed E-state index contributed by atoms with van der Waals surface area (Å²) in [5.74, 6) is -1.21. The van der Waals surface area contributed by atoms with Gasteiger partial charge in [-0.3, -0.25) is 9.59 Å². The Morgan fingerprint density at radius 1 is 1.04 bits per heavy atom. The van der Waals surface area contributed by atoms with Crippen molar-refractivity contribution in [3.8, 4) is 5.75 Å². The number of hydrogen-bond donors (Lipinski definition) is 2. The zero-order valence-electron chi connectivity index (χ0n) is 13.3. The van der Waals surface area contributed by atoms with E-state index in [-0.39, 0.29) is 6.54 Å². The van der Waals surface area contributed by atoms with Crippen molar-refractivity contribution in [2.75, 3.05) is 13.7 Å². The first kappa shape index (κ1) is 17.5. The lowest BCUT2D eigenvalue weighted by atomic mass is 10.1. The van der Waals surface area contributed by atoms with Crippen LogP contribution in [0.4, 0.5) is 4.39 Å². The molecule has 2 rings (SSSR count). The predicted octanol–water partition coefficient (Wildman–Crippen LogP) is 1.81. The van der Waals surface area contributed by atoms with E-state index in [0.29, 0.717) is 18.5 Å². The number of ether oxygens (including phenoxy) is 1. The quantitative estimate of drug-likeness (QED) is 0.794. The third-order valence-corrected chi connectivity index (χ3v) is 3.44. The molecule has 126 valence electrons. The Bertz CT molecular complexity index is 719. The summed E-state index contributed by atoms with van der Waals surface area (Å²) in [4.78, 5) is 23.4. The molecule has 2 aromatic carbocycles. The molecule has 0 aliphatic rings. The lowest BCUT2D eigenvalue weighted by Gasteiger charge is -2.08. The molecule has 0 aliphatic carbocycles. The second-order valence-corrected chi connectivity index (χ2v) is 5.13. The van der Waals surface area contributed by atoms with Crippen molar-refractivity contribution in [1.29, 1.82) is 0 Å². The lowest BCUT2D eigenvalue weighted by molar-refractivity contribution is -0.139. The molecule has 0 radical (unpaired) electrons. The molecular formula is C18H19FN2O3. The molecule has 0 aliphatic heterocycles. The van der Waals surface area contributed by atoms with Crippen molar-refractivity contribution >= 4 is 11.8 Å². The fourth-order valence-electron chi connectivity index (χ4n) is 2.13. The van der Waals surface area contributed by atoms with Crippen LogP contribution in [0.5, 0.6) is 5.75 Å². The van der Waals surface area contributed by atoms with Gasteiger partial charge in [0.1, 0.15) is 11.6 Å². The molecule has 0 spiro atoms. The molecule has 2 aromatic rings. The molecule has 2 amide bonds. The summed E-state index contributed by atoms with van der Waals surface area (Å²) in [6.45, 7) is 0.286. The number of carbonyl (C=O) groups is 2. The third kappa shape index (κ3) is 5.08. The van der Waals surface area contributed by atoms with E-state index in [1.54, 1.807) is 25.3 Å². The van der Waals surface area contributed by atoms with Gasteiger partial charge in [0.25, 0.3) is 0 Å². The van der Waals surface area contributed by atoms with Gasteiger partial charge in [-0.15, -0.1) is 0 Å². The highest BCUT2D eigenvalue weighted by Gasteiger charge is 2.13. The average molecular weight is 330 g/mol. The highest BCUT2D eigenvalue weighted by Crippen LogP contribution is 2.12. The summed E-state index contributed by atoms with van der Waals surface area (Å²) in [6, 6.07) is 13.5. The maximum Gasteiger partial charge on any atom is 0.309 e. The van der Waals surface area contributed by atoms with Crippen molar-refractivity contribution in [1.82, 2.24) is 10.6 Å². The fraction of sp³-hybridized carbons (Fsp3) is 0.222. The van der Waals surface area contributed by atoms with Crippen LogP contribution in [0.25, 0.3) is 0 Å². The van der Waals surface area contributed by atoms with Crippen LogP contribution in [0, 0.1) is 5.82 Å². The van der Waals surface area contributed by atoms with E-state index >= 15 is 0 Å². The summed E-state index contributed by atoms with van der Waals surface area (Å²) >= 11 is 0. The minimum atomic E-state index is -0.788. The number of benzene rings is 2. The van der Waals surface area contributed by atoms with Crippen molar-refractivity contribution in [3.05, 3.63) is 65.5 Å². The van der Waals surface area contributed by atoms with Gasteiger partial charge >= 0.3 is 11.8 Å². The van der Waals surface area contributed by atoms with Gasteiger partial charge in [0.05, 0.1) is 7.11 Å². The van der Waals surface area contributed by atoms with Crippen LogP contribution in [0.15, 0.2) is 48.5 Å². The smallest absolute Gasteiger partial charge is 0.309 e. The molecule has 0 aromatic heterocycles. The molecular weight excluding hydrogens is 311 g/mol. The molecule has 0 fully saturated rings. The van der Waals surface area contributed by atoms with Crippen LogP contribution in [0.1, 0.15) is 11.1 Å². The van der Waals surface area contributed by atoms with Crippen molar-refractivity contribution in [2.45, 2.75) is 13.0 Å². The molecule has 0 unspecified atom stereocenters. The first-order valence-corrected chi connectivity index (χ1v) is 7.52. The van der Waals surface area contributed by atoms with E-state index in [4.69, 9.17) is 4.74 Å². The fourth-order valence-corrected chi connectivity index (χ4v) is 2.13. The topological polar surface area (TPSA) is 67.4 Å². The Labute approximate surface area is 139 Å². The van der Waals surface area contributed by atoms with Crippen molar-refractivity contribution < 1.29 is 18.7 Å². The van der Waals surface area contributed by atoms with Gasteiger partial charge in [0.2, 0.25) is 0 Å². The van der Waals surface area contributed by atoms with Gasteiger partial charge in [-0.05, 0) is 30.2 Å². The second kappa shape index (κ2) is 8.67. The van der Waals surface area contributed by atoms with Crippen molar-refractivity contribution in [3.63, 3.8) is 0 Å². The number of amides is 2. The van der Waals surface area contributed by atoms with E-state index in [2.05, 4.69) is 10.6 Å². The molecule has 0 bridgehead atoms. The number of rotatable bonds is 6. The standard InChI is InChI=1S/C18H19FN2O3/c1-24-15-7-4-5-13(11-15)9-10-20-17(22)18(23)21-12-14-6-2-3-8-16(14)19/h2-8,11H,9-10,12H2,1H3,(H,20,22)(H,21,23). The minimum absolute atomic E-state index is 0.0329. The van der Waals surface area contributed by atoms with Crippen LogP contribution in [0.2, 0.25) is 0 Å². The molecule has 0 atom stereocenters. The highest BCUT2D eigenvalue weighted by molar-refractivity contribution is 6.35. The number of hydrogen-bond acceptors (Lipinski definition) is 3. The third-order valence-electron chi connectivity index (χ3n) is 3.44. The Hall–Kier alpha value is -2.89. The first-order valence-electron chi connectivity index (χ1n) is 7.52. The van der Waals surface area contributed by atoms with Crippen LogP contribution >= 0.6 is 0 Å². The maximum atomic E-state index is 13.4. The molecule has 2 N–H and O–H groups in total. The van der Waals surface area contributed by atoms with Crippen molar-refractivity contribution in [2.24, 2.45) is 0 Å². The largest absolute Gasteiger partial charge is 0.497 e. The van der Waals surface area contributed by atoms with E-state index in [1.165, 1.54) is 6.07 Å². The van der Waals surface area contributed by atoms with E-state index in [1.807, 2.05) is 24.3 Å². The molecule has 5 nitrogen and oxygen atoms in total. The molecule has 0 heterocycles. The molecule has 24 heavy (non-hydrogen) atoms. The zero-order valence-corrected chi connectivity index (χ0v) is 13.3. The van der Waals surface area contributed by atoms with Gasteiger partial charge in [-0.25, -0.2) is 4.39 Å². The van der Waals surface area contributed by atoms with Crippen LogP contribution in [-0.2, 0) is 22.6 Å². The number of carbonyl (C=O) groups excluding carboxylic acids is 2. The summed E-state index contributed by atoms with van der Waals surface area (Å²) in [7, 11) is 1.58. The first-order chi connectivity index (χ1) is 11.6. The van der Waals surface area contributed by atoms with E-state index in [9.17, 15) is 14.0 Å². The Kier molecular flexibility index (Phi) is 6.31. The van der Waals surface area contributed by atoms with Gasteiger partial charge in [0, 0.05) is 18.7 Å². The Balaban J connectivity index is 1.75. The second-order valence-electron chi connectivity index (χ2n) is 5.13. The van der Waals surface area contributed by atoms with Crippen LogP contribution in [0.3, 0.4) is 0 Å². The van der Waals surface area contributed by atoms with E-state index < -0.39 is 17.6 Å². The predicted molar refractivity (Wildman–Crippen MR) is 88.0 cm³/mol. The minimum Gasteiger partial charge on any atom is -0.497 e. The van der Waals surface area contributed by atoms with Gasteiger partial charge in [-0.2, -0.15) is 0 Å². The maximum absolute atomic E-state index is 13.4. The zero-order chi connectivity index (χ0) is 17.4. The summed E-state index contributed by atoms with van der Waals surface area (Å²) in [6.07, 6.45) is 0.573. The molecule has 0 saturated carbocycles. The van der Waals surface area contributed by atoms with Gasteiger partial charge in [-0.1, -0.05) is 30.3 Å². The summed E-state index contributed by atoms with van der Waals surface area (Å²) in [5, 5.41) is 4.93.